The molecule has 1 aromatic rings. The third-order valence-corrected chi connectivity index (χ3v) is 2.31. The van der Waals surface area contributed by atoms with Crippen LogP contribution in [0.25, 0.3) is 0 Å². The van der Waals surface area contributed by atoms with Crippen LogP contribution in [0.5, 0.6) is 0 Å². The summed E-state index contributed by atoms with van der Waals surface area (Å²) in [5.41, 5.74) is 5.06. The SMILES string of the molecule is Cl.NCC(=O)NCC(=O)Nc1ccccc1CC(F)(F)F. The number of carbonyl (C=O) groups excluding carboxylic acids is 2. The van der Waals surface area contributed by atoms with Crippen molar-refractivity contribution in [3.05, 3.63) is 29.8 Å². The molecule has 0 saturated carbocycles. The van der Waals surface area contributed by atoms with Crippen molar-refractivity contribution in [3.63, 3.8) is 0 Å². The number of halogens is 4. The molecule has 4 N–H and O–H groups in total. The molecule has 0 aliphatic carbocycles. The fraction of sp³-hybridized carbons (Fsp3) is 0.333. The van der Waals surface area contributed by atoms with E-state index in [4.69, 9.17) is 5.73 Å². The molecule has 0 aromatic heterocycles. The minimum atomic E-state index is -4.37. The average Bonchev–Trinajstić information content (AvgIpc) is 2.36. The average molecular weight is 326 g/mol. The van der Waals surface area contributed by atoms with Crippen LogP contribution in [-0.2, 0) is 16.0 Å². The second kappa shape index (κ2) is 8.48. The van der Waals surface area contributed by atoms with Crippen molar-refractivity contribution in [1.29, 1.82) is 0 Å². The van der Waals surface area contributed by atoms with Crippen LogP contribution in [0.15, 0.2) is 24.3 Å². The molecule has 1 aromatic carbocycles. The molecule has 1 rings (SSSR count). The lowest BCUT2D eigenvalue weighted by atomic mass is 10.1. The highest BCUT2D eigenvalue weighted by Gasteiger charge is 2.28. The molecule has 0 saturated heterocycles. The van der Waals surface area contributed by atoms with E-state index in [1.54, 1.807) is 0 Å². The van der Waals surface area contributed by atoms with Crippen molar-refractivity contribution < 1.29 is 22.8 Å². The van der Waals surface area contributed by atoms with E-state index in [2.05, 4.69) is 10.6 Å². The Morgan fingerprint density at radius 2 is 1.76 bits per heavy atom. The molecule has 9 heteroatoms. The van der Waals surface area contributed by atoms with Crippen molar-refractivity contribution in [3.8, 4) is 0 Å². The number of para-hydroxylation sites is 1. The van der Waals surface area contributed by atoms with E-state index >= 15 is 0 Å². The van der Waals surface area contributed by atoms with Gasteiger partial charge in [0, 0.05) is 5.69 Å². The molecular weight excluding hydrogens is 311 g/mol. The predicted molar refractivity (Wildman–Crippen MR) is 74.1 cm³/mol. The Labute approximate surface area is 125 Å². The molecule has 0 heterocycles. The van der Waals surface area contributed by atoms with Crippen molar-refractivity contribution in [1.82, 2.24) is 5.32 Å². The quantitative estimate of drug-likeness (QED) is 0.761. The number of hydrogen-bond acceptors (Lipinski definition) is 3. The van der Waals surface area contributed by atoms with Gasteiger partial charge in [0.05, 0.1) is 19.5 Å². The second-order valence-electron chi connectivity index (χ2n) is 3.98. The van der Waals surface area contributed by atoms with E-state index in [1.807, 2.05) is 0 Å². The molecule has 2 amide bonds. The topological polar surface area (TPSA) is 84.2 Å². The second-order valence-corrected chi connectivity index (χ2v) is 3.98. The highest BCUT2D eigenvalue weighted by atomic mass is 35.5. The van der Waals surface area contributed by atoms with Gasteiger partial charge in [-0.25, -0.2) is 0 Å². The summed E-state index contributed by atoms with van der Waals surface area (Å²) in [6.07, 6.45) is -5.51. The van der Waals surface area contributed by atoms with Gasteiger partial charge in [0.15, 0.2) is 0 Å². The summed E-state index contributed by atoms with van der Waals surface area (Å²) >= 11 is 0. The Balaban J connectivity index is 0.00000400. The highest BCUT2D eigenvalue weighted by Crippen LogP contribution is 2.25. The number of amides is 2. The molecule has 0 aliphatic rings. The Kier molecular flexibility index (Phi) is 7.75. The number of benzene rings is 1. The van der Waals surface area contributed by atoms with Crippen LogP contribution in [0, 0.1) is 0 Å². The fourth-order valence-electron chi connectivity index (χ4n) is 1.46. The lowest BCUT2D eigenvalue weighted by Gasteiger charge is -2.13. The van der Waals surface area contributed by atoms with Crippen molar-refractivity contribution in [2.45, 2.75) is 12.6 Å². The molecular formula is C12H15ClF3N3O2. The van der Waals surface area contributed by atoms with Gasteiger partial charge in [-0.2, -0.15) is 13.2 Å². The zero-order valence-electron chi connectivity index (χ0n) is 10.9. The minimum absolute atomic E-state index is 0. The van der Waals surface area contributed by atoms with Gasteiger partial charge in [-0.15, -0.1) is 12.4 Å². The smallest absolute Gasteiger partial charge is 0.346 e. The molecule has 0 unspecified atom stereocenters. The molecule has 118 valence electrons. The van der Waals surface area contributed by atoms with Gasteiger partial charge in [-0.1, -0.05) is 18.2 Å². The zero-order valence-corrected chi connectivity index (χ0v) is 11.7. The highest BCUT2D eigenvalue weighted by molar-refractivity contribution is 5.95. The maximum absolute atomic E-state index is 12.4. The standard InChI is InChI=1S/C12H14F3N3O2.ClH/c13-12(14,15)5-8-3-1-2-4-9(8)18-11(20)7-17-10(19)6-16;/h1-4H,5-7,16H2,(H,17,19)(H,18,20);1H. The summed E-state index contributed by atoms with van der Waals surface area (Å²) in [4.78, 5) is 22.4. The summed E-state index contributed by atoms with van der Waals surface area (Å²) in [6, 6.07) is 5.60. The van der Waals surface area contributed by atoms with Crippen LogP contribution < -0.4 is 16.4 Å². The first kappa shape index (κ1) is 19.2. The van der Waals surface area contributed by atoms with Crippen LogP contribution in [0.4, 0.5) is 18.9 Å². The van der Waals surface area contributed by atoms with Gasteiger partial charge in [-0.05, 0) is 11.6 Å². The molecule has 0 aliphatic heterocycles. The van der Waals surface area contributed by atoms with Crippen LogP contribution in [0.2, 0.25) is 0 Å². The van der Waals surface area contributed by atoms with Gasteiger partial charge in [0.2, 0.25) is 11.8 Å². The van der Waals surface area contributed by atoms with Gasteiger partial charge >= 0.3 is 6.18 Å². The summed E-state index contributed by atoms with van der Waals surface area (Å²) in [5.74, 6) is -1.15. The van der Waals surface area contributed by atoms with Gasteiger partial charge in [0.25, 0.3) is 0 Å². The predicted octanol–water partition coefficient (Wildman–Crippen LogP) is 1.23. The third-order valence-electron chi connectivity index (χ3n) is 2.31. The van der Waals surface area contributed by atoms with E-state index < -0.39 is 24.4 Å². The van der Waals surface area contributed by atoms with Gasteiger partial charge in [0.1, 0.15) is 0 Å². The Bertz CT molecular complexity index is 495. The normalized spacial score (nSPS) is 10.5. The van der Waals surface area contributed by atoms with Crippen LogP contribution in [0.1, 0.15) is 5.56 Å². The number of nitrogens with one attached hydrogen (secondary N) is 2. The summed E-state index contributed by atoms with van der Waals surface area (Å²) in [6.45, 7) is -0.617. The van der Waals surface area contributed by atoms with Crippen LogP contribution in [0.3, 0.4) is 0 Å². The van der Waals surface area contributed by atoms with Crippen LogP contribution in [-0.4, -0.2) is 31.1 Å². The first-order valence-electron chi connectivity index (χ1n) is 5.73. The minimum Gasteiger partial charge on any atom is -0.346 e. The molecule has 0 spiro atoms. The molecule has 0 fully saturated rings. The number of rotatable bonds is 5. The molecule has 0 radical (unpaired) electrons. The monoisotopic (exact) mass is 325 g/mol. The summed E-state index contributed by atoms with van der Waals surface area (Å²) < 4.78 is 37.1. The Hall–Kier alpha value is -1.80. The maximum Gasteiger partial charge on any atom is 0.393 e. The largest absolute Gasteiger partial charge is 0.393 e. The number of alkyl halides is 3. The summed E-state index contributed by atoms with van der Waals surface area (Å²) in [5, 5.41) is 4.54. The fourth-order valence-corrected chi connectivity index (χ4v) is 1.46. The van der Waals surface area contributed by atoms with E-state index in [0.29, 0.717) is 0 Å². The number of nitrogens with two attached hydrogens (primary N) is 1. The third kappa shape index (κ3) is 7.52. The zero-order chi connectivity index (χ0) is 15.2. The first-order chi connectivity index (χ1) is 9.31. The van der Waals surface area contributed by atoms with E-state index in [-0.39, 0.29) is 36.7 Å². The number of hydrogen-bond donors (Lipinski definition) is 3. The Morgan fingerprint density at radius 1 is 1.14 bits per heavy atom. The van der Waals surface area contributed by atoms with E-state index in [1.165, 1.54) is 24.3 Å². The van der Waals surface area contributed by atoms with E-state index in [0.717, 1.165) is 0 Å². The number of anilines is 1. The summed E-state index contributed by atoms with van der Waals surface area (Å²) in [7, 11) is 0. The van der Waals surface area contributed by atoms with Crippen molar-refractivity contribution in [2.24, 2.45) is 5.73 Å². The molecule has 5 nitrogen and oxygen atoms in total. The van der Waals surface area contributed by atoms with Gasteiger partial charge in [-0.3, -0.25) is 9.59 Å². The number of carbonyl (C=O) groups is 2. The van der Waals surface area contributed by atoms with Crippen LogP contribution >= 0.6 is 12.4 Å². The lowest BCUT2D eigenvalue weighted by Crippen LogP contribution is -2.36. The maximum atomic E-state index is 12.4. The first-order valence-corrected chi connectivity index (χ1v) is 5.73. The molecule has 0 bridgehead atoms. The lowest BCUT2D eigenvalue weighted by molar-refractivity contribution is -0.127. The van der Waals surface area contributed by atoms with Gasteiger partial charge < -0.3 is 16.4 Å². The Morgan fingerprint density at radius 3 is 2.33 bits per heavy atom. The van der Waals surface area contributed by atoms with Crippen molar-refractivity contribution >= 4 is 29.9 Å². The molecule has 0 atom stereocenters. The van der Waals surface area contributed by atoms with Crippen molar-refractivity contribution in [2.75, 3.05) is 18.4 Å². The molecule has 21 heavy (non-hydrogen) atoms. The van der Waals surface area contributed by atoms with E-state index in [9.17, 15) is 22.8 Å².